The fourth-order valence-electron chi connectivity index (χ4n) is 2.99. The average molecular weight is 366 g/mol. The van der Waals surface area contributed by atoms with Gasteiger partial charge in [-0.15, -0.1) is 0 Å². The smallest absolute Gasteiger partial charge is 0.191 e. The van der Waals surface area contributed by atoms with Gasteiger partial charge in [-0.1, -0.05) is 30.7 Å². The van der Waals surface area contributed by atoms with Crippen molar-refractivity contribution in [2.24, 2.45) is 4.99 Å². The number of halogens is 1. The Hall–Kier alpha value is -1.30. The van der Waals surface area contributed by atoms with E-state index in [9.17, 15) is 0 Å². The van der Waals surface area contributed by atoms with Gasteiger partial charge in [-0.2, -0.15) is 0 Å². The highest BCUT2D eigenvalue weighted by molar-refractivity contribution is 6.30. The highest BCUT2D eigenvalue weighted by Gasteiger charge is 2.14. The number of nitrogens with zero attached hydrogens (tertiary/aromatic N) is 3. The summed E-state index contributed by atoms with van der Waals surface area (Å²) in [5.41, 5.74) is 1.24. The highest BCUT2D eigenvalue weighted by Crippen LogP contribution is 2.10. The quantitative estimate of drug-likeness (QED) is 0.546. The first-order valence-electron chi connectivity index (χ1n) is 9.42. The molecular weight excluding hydrogens is 334 g/mol. The number of benzene rings is 1. The van der Waals surface area contributed by atoms with E-state index in [0.29, 0.717) is 0 Å². The molecule has 1 aromatic rings. The Morgan fingerprint density at radius 2 is 1.88 bits per heavy atom. The molecule has 1 fully saturated rings. The average Bonchev–Trinajstić information content (AvgIpc) is 2.62. The first-order valence-corrected chi connectivity index (χ1v) is 9.80. The molecule has 5 nitrogen and oxygen atoms in total. The van der Waals surface area contributed by atoms with Gasteiger partial charge in [0.2, 0.25) is 0 Å². The Labute approximate surface area is 157 Å². The molecule has 1 aliphatic rings. The molecule has 2 rings (SSSR count). The Morgan fingerprint density at radius 1 is 1.12 bits per heavy atom. The summed E-state index contributed by atoms with van der Waals surface area (Å²) in [7, 11) is 0. The largest absolute Gasteiger partial charge is 0.357 e. The summed E-state index contributed by atoms with van der Waals surface area (Å²) in [6.45, 7) is 13.7. The van der Waals surface area contributed by atoms with E-state index in [1.807, 2.05) is 18.2 Å². The molecule has 0 aliphatic carbocycles. The van der Waals surface area contributed by atoms with Crippen molar-refractivity contribution < 1.29 is 0 Å². The van der Waals surface area contributed by atoms with Crippen LogP contribution in [0.3, 0.4) is 0 Å². The fraction of sp³-hybridized carbons (Fsp3) is 0.632. The number of guanidine groups is 1. The second kappa shape index (κ2) is 11.3. The minimum Gasteiger partial charge on any atom is -0.357 e. The van der Waals surface area contributed by atoms with E-state index in [4.69, 9.17) is 16.6 Å². The van der Waals surface area contributed by atoms with E-state index >= 15 is 0 Å². The van der Waals surface area contributed by atoms with Crippen molar-refractivity contribution in [1.29, 1.82) is 0 Å². The molecular formula is C19H32ClN5. The molecule has 1 aromatic carbocycles. The van der Waals surface area contributed by atoms with Crippen LogP contribution in [0.4, 0.5) is 0 Å². The second-order valence-electron chi connectivity index (χ2n) is 6.34. The normalized spacial score (nSPS) is 16.8. The Bertz CT molecular complexity index is 526. The molecule has 1 aliphatic heterocycles. The van der Waals surface area contributed by atoms with Gasteiger partial charge in [0.15, 0.2) is 5.96 Å². The summed E-state index contributed by atoms with van der Waals surface area (Å²) in [6.07, 6.45) is 0.934. The molecule has 0 bridgehead atoms. The number of hydrogen-bond donors (Lipinski definition) is 2. The van der Waals surface area contributed by atoms with Crippen LogP contribution in [0, 0.1) is 0 Å². The molecule has 1 heterocycles. The van der Waals surface area contributed by atoms with Gasteiger partial charge in [0, 0.05) is 50.8 Å². The van der Waals surface area contributed by atoms with Crippen LogP contribution in [0.15, 0.2) is 29.3 Å². The van der Waals surface area contributed by atoms with Gasteiger partial charge >= 0.3 is 0 Å². The van der Waals surface area contributed by atoms with Crippen molar-refractivity contribution in [3.63, 3.8) is 0 Å². The van der Waals surface area contributed by atoms with Crippen molar-refractivity contribution in [2.45, 2.75) is 20.3 Å². The molecule has 0 unspecified atom stereocenters. The van der Waals surface area contributed by atoms with Crippen molar-refractivity contribution in [3.05, 3.63) is 34.9 Å². The van der Waals surface area contributed by atoms with Crippen LogP contribution in [0.5, 0.6) is 0 Å². The second-order valence-corrected chi connectivity index (χ2v) is 6.78. The number of nitrogens with one attached hydrogen (secondary N) is 2. The zero-order valence-corrected chi connectivity index (χ0v) is 16.4. The predicted molar refractivity (Wildman–Crippen MR) is 108 cm³/mol. The highest BCUT2D eigenvalue weighted by atomic mass is 35.5. The lowest BCUT2D eigenvalue weighted by molar-refractivity contribution is 0.140. The maximum Gasteiger partial charge on any atom is 0.191 e. The van der Waals surface area contributed by atoms with Crippen LogP contribution in [0.1, 0.15) is 19.4 Å². The third kappa shape index (κ3) is 7.63. The first-order chi connectivity index (χ1) is 12.2. The van der Waals surface area contributed by atoms with Crippen LogP contribution in [-0.2, 0) is 6.42 Å². The molecule has 0 radical (unpaired) electrons. The van der Waals surface area contributed by atoms with Gasteiger partial charge in [0.1, 0.15) is 0 Å². The minimum absolute atomic E-state index is 0.793. The van der Waals surface area contributed by atoms with Gasteiger partial charge in [-0.25, -0.2) is 0 Å². The fourth-order valence-corrected chi connectivity index (χ4v) is 3.20. The first kappa shape index (κ1) is 20.0. The topological polar surface area (TPSA) is 42.9 Å². The molecule has 25 heavy (non-hydrogen) atoms. The van der Waals surface area contributed by atoms with Crippen LogP contribution in [0.2, 0.25) is 5.02 Å². The molecule has 0 spiro atoms. The lowest BCUT2D eigenvalue weighted by Crippen LogP contribution is -2.47. The van der Waals surface area contributed by atoms with E-state index < -0.39 is 0 Å². The zero-order chi connectivity index (χ0) is 17.9. The lowest BCUT2D eigenvalue weighted by Gasteiger charge is -2.33. The summed E-state index contributed by atoms with van der Waals surface area (Å²) in [6, 6.07) is 8.02. The van der Waals surface area contributed by atoms with Crippen LogP contribution >= 0.6 is 11.6 Å². The molecule has 2 N–H and O–H groups in total. The number of likely N-dealkylation sites (N-methyl/N-ethyl adjacent to an activating group) is 1. The standard InChI is InChI=1S/C19H32ClN5/c1-3-21-19(22-9-8-17-6-5-7-18(20)16-17)23-10-11-25-14-12-24(4-2)13-15-25/h5-7,16H,3-4,8-15H2,1-2H3,(H2,21,22,23). The monoisotopic (exact) mass is 365 g/mol. The molecule has 0 amide bonds. The van der Waals surface area contributed by atoms with Crippen molar-refractivity contribution >= 4 is 17.6 Å². The molecule has 0 atom stereocenters. The Kier molecular flexibility index (Phi) is 9.08. The number of rotatable bonds is 8. The van der Waals surface area contributed by atoms with E-state index in [2.05, 4.69) is 40.3 Å². The van der Waals surface area contributed by atoms with Gasteiger partial charge in [-0.3, -0.25) is 9.89 Å². The SMILES string of the molecule is CCNC(=NCCN1CCN(CC)CC1)NCCc1cccc(Cl)c1. The minimum atomic E-state index is 0.793. The molecule has 140 valence electrons. The van der Waals surface area contributed by atoms with Crippen LogP contribution in [0.25, 0.3) is 0 Å². The van der Waals surface area contributed by atoms with Crippen LogP contribution < -0.4 is 10.6 Å². The van der Waals surface area contributed by atoms with E-state index in [1.54, 1.807) is 0 Å². The summed E-state index contributed by atoms with van der Waals surface area (Å²) >= 11 is 6.03. The number of aliphatic imine (C=N–C) groups is 1. The van der Waals surface area contributed by atoms with Crippen molar-refractivity contribution in [2.75, 3.05) is 58.9 Å². The summed E-state index contributed by atoms with van der Waals surface area (Å²) in [5, 5.41) is 7.52. The van der Waals surface area contributed by atoms with Crippen molar-refractivity contribution in [1.82, 2.24) is 20.4 Å². The third-order valence-electron chi connectivity index (χ3n) is 4.54. The van der Waals surface area contributed by atoms with E-state index in [1.165, 1.54) is 18.7 Å². The van der Waals surface area contributed by atoms with Gasteiger partial charge in [-0.05, 0) is 37.6 Å². The predicted octanol–water partition coefficient (Wildman–Crippen LogP) is 2.08. The molecule has 0 aromatic heterocycles. The van der Waals surface area contributed by atoms with Gasteiger partial charge in [0.25, 0.3) is 0 Å². The third-order valence-corrected chi connectivity index (χ3v) is 4.77. The van der Waals surface area contributed by atoms with E-state index in [-0.39, 0.29) is 0 Å². The Morgan fingerprint density at radius 3 is 2.56 bits per heavy atom. The van der Waals surface area contributed by atoms with Crippen LogP contribution in [-0.4, -0.2) is 74.7 Å². The molecule has 1 saturated heterocycles. The maximum absolute atomic E-state index is 6.03. The Balaban J connectivity index is 1.70. The number of piperazine rings is 1. The maximum atomic E-state index is 6.03. The van der Waals surface area contributed by atoms with Crippen molar-refractivity contribution in [3.8, 4) is 0 Å². The summed E-state index contributed by atoms with van der Waals surface area (Å²) < 4.78 is 0. The molecule has 0 saturated carbocycles. The summed E-state index contributed by atoms with van der Waals surface area (Å²) in [5.74, 6) is 0.900. The zero-order valence-electron chi connectivity index (χ0n) is 15.6. The molecule has 6 heteroatoms. The summed E-state index contributed by atoms with van der Waals surface area (Å²) in [4.78, 5) is 9.71. The van der Waals surface area contributed by atoms with E-state index in [0.717, 1.165) is 63.2 Å². The van der Waals surface area contributed by atoms with Gasteiger partial charge in [0.05, 0.1) is 6.54 Å². The van der Waals surface area contributed by atoms with Gasteiger partial charge < -0.3 is 15.5 Å². The lowest BCUT2D eigenvalue weighted by atomic mass is 10.1. The number of hydrogen-bond acceptors (Lipinski definition) is 3.